The summed E-state index contributed by atoms with van der Waals surface area (Å²) in [4.78, 5) is 24.9. The highest BCUT2D eigenvalue weighted by molar-refractivity contribution is 7.92. The van der Waals surface area contributed by atoms with Gasteiger partial charge in [0.15, 0.2) is 0 Å². The van der Waals surface area contributed by atoms with E-state index in [1.165, 1.54) is 38.2 Å². The van der Waals surface area contributed by atoms with E-state index in [1.807, 2.05) is 0 Å². The van der Waals surface area contributed by atoms with E-state index >= 15 is 0 Å². The Bertz CT molecular complexity index is 968. The van der Waals surface area contributed by atoms with E-state index in [-0.39, 0.29) is 16.7 Å². The first-order valence-corrected chi connectivity index (χ1v) is 9.56. The van der Waals surface area contributed by atoms with Crippen LogP contribution in [0.3, 0.4) is 0 Å². The van der Waals surface area contributed by atoms with Crippen LogP contribution >= 0.6 is 0 Å². The SMILES string of the molecule is CNC(=O)c1ccc(S(=O)(=O)Nc2ccc3c(c2)CCN3C(C)=O)cc1. The number of nitrogens with one attached hydrogen (secondary N) is 2. The van der Waals surface area contributed by atoms with Crippen molar-refractivity contribution in [3.8, 4) is 0 Å². The molecule has 26 heavy (non-hydrogen) atoms. The number of hydrogen-bond donors (Lipinski definition) is 2. The fourth-order valence-electron chi connectivity index (χ4n) is 2.94. The monoisotopic (exact) mass is 373 g/mol. The summed E-state index contributed by atoms with van der Waals surface area (Å²) in [7, 11) is -2.26. The molecule has 0 unspecified atom stereocenters. The summed E-state index contributed by atoms with van der Waals surface area (Å²) in [6.45, 7) is 2.11. The highest BCUT2D eigenvalue weighted by Crippen LogP contribution is 2.31. The van der Waals surface area contributed by atoms with Crippen molar-refractivity contribution < 1.29 is 18.0 Å². The first kappa shape index (κ1) is 17.9. The molecular formula is C18H19N3O4S. The Morgan fingerprint density at radius 2 is 1.77 bits per heavy atom. The molecule has 0 saturated heterocycles. The van der Waals surface area contributed by atoms with E-state index < -0.39 is 10.0 Å². The number of carbonyl (C=O) groups is 2. The van der Waals surface area contributed by atoms with Gasteiger partial charge in [0, 0.05) is 37.5 Å². The minimum Gasteiger partial charge on any atom is -0.355 e. The molecule has 0 radical (unpaired) electrons. The Hall–Kier alpha value is -2.87. The lowest BCUT2D eigenvalue weighted by atomic mass is 10.1. The second-order valence-corrected chi connectivity index (χ2v) is 7.66. The second-order valence-electron chi connectivity index (χ2n) is 5.97. The third-order valence-corrected chi connectivity index (χ3v) is 5.66. The average Bonchev–Trinajstić information content (AvgIpc) is 3.04. The summed E-state index contributed by atoms with van der Waals surface area (Å²) in [5.41, 5.74) is 2.56. The van der Waals surface area contributed by atoms with Gasteiger partial charge in [-0.05, 0) is 54.4 Å². The molecule has 1 aliphatic rings. The van der Waals surface area contributed by atoms with E-state index in [0.29, 0.717) is 24.2 Å². The van der Waals surface area contributed by atoms with E-state index in [1.54, 1.807) is 23.1 Å². The molecule has 0 spiro atoms. The molecule has 0 aromatic heterocycles. The van der Waals surface area contributed by atoms with E-state index in [9.17, 15) is 18.0 Å². The zero-order valence-corrected chi connectivity index (χ0v) is 15.3. The summed E-state index contributed by atoms with van der Waals surface area (Å²) in [6.07, 6.45) is 0.686. The Morgan fingerprint density at radius 1 is 1.08 bits per heavy atom. The molecular weight excluding hydrogens is 354 g/mol. The normalized spacial score (nSPS) is 13.2. The van der Waals surface area contributed by atoms with Crippen LogP contribution in [-0.4, -0.2) is 33.8 Å². The Balaban J connectivity index is 1.82. The maximum absolute atomic E-state index is 12.5. The van der Waals surface area contributed by atoms with Gasteiger partial charge in [0.05, 0.1) is 4.90 Å². The minimum atomic E-state index is -3.77. The number of hydrogen-bond acceptors (Lipinski definition) is 4. The van der Waals surface area contributed by atoms with Crippen molar-refractivity contribution in [2.75, 3.05) is 23.2 Å². The molecule has 1 heterocycles. The molecule has 2 aromatic rings. The molecule has 2 N–H and O–H groups in total. The van der Waals surface area contributed by atoms with E-state index in [0.717, 1.165) is 11.3 Å². The van der Waals surface area contributed by atoms with Crippen LogP contribution in [0, 0.1) is 0 Å². The quantitative estimate of drug-likeness (QED) is 0.854. The van der Waals surface area contributed by atoms with Crippen LogP contribution in [0.5, 0.6) is 0 Å². The molecule has 3 rings (SSSR count). The van der Waals surface area contributed by atoms with Crippen LogP contribution in [0.15, 0.2) is 47.4 Å². The van der Waals surface area contributed by atoms with Crippen molar-refractivity contribution in [2.24, 2.45) is 0 Å². The largest absolute Gasteiger partial charge is 0.355 e. The van der Waals surface area contributed by atoms with Crippen LogP contribution in [0.25, 0.3) is 0 Å². The highest BCUT2D eigenvalue weighted by atomic mass is 32.2. The maximum Gasteiger partial charge on any atom is 0.261 e. The maximum atomic E-state index is 12.5. The number of rotatable bonds is 4. The summed E-state index contributed by atoms with van der Waals surface area (Å²) < 4.78 is 27.6. The number of benzene rings is 2. The van der Waals surface area contributed by atoms with E-state index in [4.69, 9.17) is 0 Å². The molecule has 8 heteroatoms. The van der Waals surface area contributed by atoms with Crippen LogP contribution < -0.4 is 14.9 Å². The summed E-state index contributed by atoms with van der Waals surface area (Å²) in [6, 6.07) is 10.8. The summed E-state index contributed by atoms with van der Waals surface area (Å²) >= 11 is 0. The van der Waals surface area contributed by atoms with Crippen LogP contribution in [0.2, 0.25) is 0 Å². The molecule has 0 bridgehead atoms. The molecule has 0 aliphatic carbocycles. The molecule has 2 amide bonds. The van der Waals surface area contributed by atoms with Gasteiger partial charge >= 0.3 is 0 Å². The lowest BCUT2D eigenvalue weighted by molar-refractivity contribution is -0.116. The summed E-state index contributed by atoms with van der Waals surface area (Å²) in [5.74, 6) is -0.316. The van der Waals surface area contributed by atoms with E-state index in [2.05, 4.69) is 10.0 Å². The molecule has 0 fully saturated rings. The molecule has 0 atom stereocenters. The van der Waals surface area contributed by atoms with Crippen molar-refractivity contribution in [3.63, 3.8) is 0 Å². The number of sulfonamides is 1. The molecule has 2 aromatic carbocycles. The number of anilines is 2. The lowest BCUT2D eigenvalue weighted by Crippen LogP contribution is -2.25. The molecule has 0 saturated carbocycles. The number of carbonyl (C=O) groups excluding carboxylic acids is 2. The zero-order chi connectivity index (χ0) is 18.9. The van der Waals surface area contributed by atoms with Gasteiger partial charge in [-0.15, -0.1) is 0 Å². The summed E-state index contributed by atoms with van der Waals surface area (Å²) in [5, 5.41) is 2.48. The van der Waals surface area contributed by atoms with Crippen molar-refractivity contribution in [1.29, 1.82) is 0 Å². The number of fused-ring (bicyclic) bond motifs is 1. The standard InChI is InChI=1S/C18H19N3O4S/c1-12(22)21-10-9-14-11-15(5-8-17(14)21)20-26(24,25)16-6-3-13(4-7-16)18(23)19-2/h3-8,11,20H,9-10H2,1-2H3,(H,19,23). The van der Waals surface area contributed by atoms with Gasteiger partial charge in [0.2, 0.25) is 5.91 Å². The lowest BCUT2D eigenvalue weighted by Gasteiger charge is -2.15. The molecule has 136 valence electrons. The number of amides is 2. The minimum absolute atomic E-state index is 0.0340. The average molecular weight is 373 g/mol. The second kappa shape index (κ2) is 6.80. The van der Waals surface area contributed by atoms with Crippen LogP contribution in [-0.2, 0) is 21.2 Å². The predicted octanol–water partition coefficient (Wildman–Crippen LogP) is 1.76. The fourth-order valence-corrected chi connectivity index (χ4v) is 3.99. The smallest absolute Gasteiger partial charge is 0.261 e. The van der Waals surface area contributed by atoms with Crippen molar-refractivity contribution >= 4 is 33.2 Å². The topological polar surface area (TPSA) is 95.6 Å². The van der Waals surface area contributed by atoms with Crippen molar-refractivity contribution in [3.05, 3.63) is 53.6 Å². The fraction of sp³-hybridized carbons (Fsp3) is 0.222. The first-order valence-electron chi connectivity index (χ1n) is 8.08. The van der Waals surface area contributed by atoms with Gasteiger partial charge in [-0.1, -0.05) is 0 Å². The molecule has 1 aliphatic heterocycles. The van der Waals surface area contributed by atoms with Crippen LogP contribution in [0.4, 0.5) is 11.4 Å². The Kier molecular flexibility index (Phi) is 4.69. The van der Waals surface area contributed by atoms with Gasteiger partial charge in [-0.2, -0.15) is 0 Å². The highest BCUT2D eigenvalue weighted by Gasteiger charge is 2.23. The first-order chi connectivity index (χ1) is 12.3. The predicted molar refractivity (Wildman–Crippen MR) is 98.8 cm³/mol. The third-order valence-electron chi connectivity index (χ3n) is 4.26. The van der Waals surface area contributed by atoms with Gasteiger partial charge in [-0.25, -0.2) is 8.42 Å². The zero-order valence-electron chi connectivity index (χ0n) is 14.4. The Morgan fingerprint density at radius 3 is 2.38 bits per heavy atom. The van der Waals surface area contributed by atoms with Gasteiger partial charge < -0.3 is 10.2 Å². The van der Waals surface area contributed by atoms with Gasteiger partial charge in [0.25, 0.3) is 15.9 Å². The molecule has 7 nitrogen and oxygen atoms in total. The van der Waals surface area contributed by atoms with Gasteiger partial charge in [0.1, 0.15) is 0 Å². The third kappa shape index (κ3) is 3.41. The number of nitrogens with zero attached hydrogens (tertiary/aromatic N) is 1. The Labute approximate surface area is 152 Å². The van der Waals surface area contributed by atoms with Crippen molar-refractivity contribution in [1.82, 2.24) is 5.32 Å². The van der Waals surface area contributed by atoms with Crippen LogP contribution in [0.1, 0.15) is 22.8 Å². The van der Waals surface area contributed by atoms with Gasteiger partial charge in [-0.3, -0.25) is 14.3 Å². The van der Waals surface area contributed by atoms with Crippen molar-refractivity contribution in [2.45, 2.75) is 18.2 Å².